The zero-order valence-electron chi connectivity index (χ0n) is 12.0. The Morgan fingerprint density at radius 3 is 2.14 bits per heavy atom. The van der Waals surface area contributed by atoms with Crippen LogP contribution in [0.3, 0.4) is 0 Å². The summed E-state index contributed by atoms with van der Waals surface area (Å²) in [7, 11) is 0. The third-order valence-corrected chi connectivity index (χ3v) is 3.36. The minimum absolute atomic E-state index is 0.260. The summed E-state index contributed by atoms with van der Waals surface area (Å²) < 4.78 is 0. The Labute approximate surface area is 123 Å². The Hall–Kier alpha value is -2.68. The molecule has 3 aromatic rings. The lowest BCUT2D eigenvalue weighted by molar-refractivity contribution is 0.481. The third kappa shape index (κ3) is 2.77. The number of aromatic hydroxyl groups is 1. The third-order valence-electron chi connectivity index (χ3n) is 3.36. The molecule has 0 radical (unpaired) electrons. The molecule has 0 aliphatic heterocycles. The van der Waals surface area contributed by atoms with E-state index in [-0.39, 0.29) is 5.75 Å². The van der Waals surface area contributed by atoms with E-state index in [1.807, 2.05) is 50.2 Å². The molecular weight excluding hydrogens is 260 g/mol. The highest BCUT2D eigenvalue weighted by Gasteiger charge is 2.04. The van der Waals surface area contributed by atoms with Gasteiger partial charge in [0.15, 0.2) is 0 Å². The van der Waals surface area contributed by atoms with Crippen LogP contribution < -0.4 is 0 Å². The molecule has 104 valence electrons. The predicted octanol–water partition coefficient (Wildman–Crippen LogP) is 5.58. The van der Waals surface area contributed by atoms with Gasteiger partial charge >= 0.3 is 0 Å². The summed E-state index contributed by atoms with van der Waals surface area (Å²) in [6, 6.07) is 17.2. The summed E-state index contributed by atoms with van der Waals surface area (Å²) in [5, 5.41) is 20.2. The number of nitrogens with zero attached hydrogens (tertiary/aromatic N) is 2. The highest BCUT2D eigenvalue weighted by atomic mass is 16.3. The predicted molar refractivity (Wildman–Crippen MR) is 85.7 cm³/mol. The quantitative estimate of drug-likeness (QED) is 0.610. The number of fused-ring (bicyclic) bond motifs is 1. The maximum absolute atomic E-state index is 9.88. The topological polar surface area (TPSA) is 45.0 Å². The largest absolute Gasteiger partial charge is 0.507 e. The Morgan fingerprint density at radius 1 is 0.762 bits per heavy atom. The normalized spacial score (nSPS) is 11.3. The van der Waals surface area contributed by atoms with Gasteiger partial charge in [0.25, 0.3) is 0 Å². The van der Waals surface area contributed by atoms with Crippen molar-refractivity contribution in [2.45, 2.75) is 13.8 Å². The minimum Gasteiger partial charge on any atom is -0.507 e. The van der Waals surface area contributed by atoms with Crippen molar-refractivity contribution in [1.82, 2.24) is 0 Å². The first-order valence-corrected chi connectivity index (χ1v) is 6.84. The molecule has 0 atom stereocenters. The molecule has 1 N–H and O–H groups in total. The number of azo groups is 1. The second-order valence-corrected chi connectivity index (χ2v) is 5.20. The van der Waals surface area contributed by atoms with Crippen LogP contribution in [0.5, 0.6) is 5.75 Å². The van der Waals surface area contributed by atoms with Gasteiger partial charge in [0.1, 0.15) is 5.75 Å². The molecule has 0 aliphatic rings. The Bertz CT molecular complexity index is 817. The van der Waals surface area contributed by atoms with Crippen LogP contribution in [0.1, 0.15) is 11.1 Å². The van der Waals surface area contributed by atoms with Crippen molar-refractivity contribution in [3.63, 3.8) is 0 Å². The van der Waals surface area contributed by atoms with Gasteiger partial charge in [-0.2, -0.15) is 5.11 Å². The molecule has 21 heavy (non-hydrogen) atoms. The molecule has 0 spiro atoms. The van der Waals surface area contributed by atoms with Crippen LogP contribution in [0.15, 0.2) is 64.8 Å². The molecule has 0 unspecified atom stereocenters. The fourth-order valence-corrected chi connectivity index (χ4v) is 2.47. The highest BCUT2D eigenvalue weighted by molar-refractivity contribution is 5.96. The molecule has 0 aliphatic carbocycles. The fraction of sp³-hybridized carbons (Fsp3) is 0.111. The summed E-state index contributed by atoms with van der Waals surface area (Å²) in [5.74, 6) is 0.260. The van der Waals surface area contributed by atoms with Crippen molar-refractivity contribution < 1.29 is 5.11 Å². The van der Waals surface area contributed by atoms with Crippen molar-refractivity contribution in [2.24, 2.45) is 10.2 Å². The van der Waals surface area contributed by atoms with Crippen LogP contribution >= 0.6 is 0 Å². The fourth-order valence-electron chi connectivity index (χ4n) is 2.47. The molecule has 0 heterocycles. The van der Waals surface area contributed by atoms with Gasteiger partial charge in [-0.3, -0.25) is 0 Å². The summed E-state index contributed by atoms with van der Waals surface area (Å²) >= 11 is 0. The second-order valence-electron chi connectivity index (χ2n) is 5.20. The maximum Gasteiger partial charge on any atom is 0.123 e. The standard InChI is InChI=1S/C18H16N2O/c1-12-9-13(2)11-14(10-12)19-20-17-7-8-18(21)16-6-4-3-5-15(16)17/h3-11,21H,1-2H3. The van der Waals surface area contributed by atoms with E-state index in [0.29, 0.717) is 0 Å². The van der Waals surface area contributed by atoms with Crippen molar-refractivity contribution in [2.75, 3.05) is 0 Å². The van der Waals surface area contributed by atoms with Crippen LogP contribution in [0.25, 0.3) is 10.8 Å². The molecule has 0 aromatic heterocycles. The summed E-state index contributed by atoms with van der Waals surface area (Å²) in [4.78, 5) is 0. The van der Waals surface area contributed by atoms with E-state index in [4.69, 9.17) is 0 Å². The lowest BCUT2D eigenvalue weighted by Gasteiger charge is -2.03. The van der Waals surface area contributed by atoms with E-state index in [1.165, 1.54) is 11.1 Å². The summed E-state index contributed by atoms with van der Waals surface area (Å²) in [5.41, 5.74) is 3.92. The SMILES string of the molecule is Cc1cc(C)cc(N=Nc2ccc(O)c3ccccc23)c1. The number of benzene rings is 3. The van der Waals surface area contributed by atoms with Crippen molar-refractivity contribution in [1.29, 1.82) is 0 Å². The minimum atomic E-state index is 0.260. The maximum atomic E-state index is 9.88. The van der Waals surface area contributed by atoms with Gasteiger partial charge in [0.05, 0.1) is 11.4 Å². The van der Waals surface area contributed by atoms with Gasteiger partial charge in [-0.05, 0) is 49.2 Å². The van der Waals surface area contributed by atoms with Crippen molar-refractivity contribution >= 4 is 22.1 Å². The van der Waals surface area contributed by atoms with Crippen molar-refractivity contribution in [3.8, 4) is 5.75 Å². The van der Waals surface area contributed by atoms with Crippen LogP contribution in [0, 0.1) is 13.8 Å². The monoisotopic (exact) mass is 276 g/mol. The number of hydrogen-bond acceptors (Lipinski definition) is 3. The average molecular weight is 276 g/mol. The van der Waals surface area contributed by atoms with Crippen molar-refractivity contribution in [3.05, 3.63) is 65.7 Å². The second kappa shape index (κ2) is 5.37. The summed E-state index contributed by atoms with van der Waals surface area (Å²) in [6.45, 7) is 4.09. The summed E-state index contributed by atoms with van der Waals surface area (Å²) in [6.07, 6.45) is 0. The molecule has 0 amide bonds. The molecule has 0 bridgehead atoms. The van der Waals surface area contributed by atoms with Gasteiger partial charge in [-0.25, -0.2) is 0 Å². The molecule has 3 nitrogen and oxygen atoms in total. The van der Waals surface area contributed by atoms with E-state index < -0.39 is 0 Å². The van der Waals surface area contributed by atoms with Gasteiger partial charge < -0.3 is 5.11 Å². The number of rotatable bonds is 2. The number of hydrogen-bond donors (Lipinski definition) is 1. The molecule has 0 saturated heterocycles. The number of phenolic OH excluding ortho intramolecular Hbond substituents is 1. The average Bonchev–Trinajstić information content (AvgIpc) is 2.46. The molecule has 0 saturated carbocycles. The van der Waals surface area contributed by atoms with E-state index >= 15 is 0 Å². The lowest BCUT2D eigenvalue weighted by Crippen LogP contribution is -1.76. The van der Waals surface area contributed by atoms with Gasteiger partial charge in [0.2, 0.25) is 0 Å². The Morgan fingerprint density at radius 2 is 1.43 bits per heavy atom. The molecule has 3 aromatic carbocycles. The van der Waals surface area contributed by atoms with Gasteiger partial charge in [0, 0.05) is 10.8 Å². The number of aryl methyl sites for hydroxylation is 2. The van der Waals surface area contributed by atoms with E-state index in [0.717, 1.165) is 22.1 Å². The zero-order chi connectivity index (χ0) is 14.8. The molecule has 3 heteroatoms. The first-order chi connectivity index (χ1) is 10.1. The van der Waals surface area contributed by atoms with Crippen LogP contribution in [0.4, 0.5) is 11.4 Å². The van der Waals surface area contributed by atoms with E-state index in [1.54, 1.807) is 12.1 Å². The van der Waals surface area contributed by atoms with Gasteiger partial charge in [-0.15, -0.1) is 5.11 Å². The Kier molecular flexibility index (Phi) is 3.40. The molecule has 3 rings (SSSR count). The molecular formula is C18H16N2O. The molecule has 0 fully saturated rings. The van der Waals surface area contributed by atoms with Crippen LogP contribution in [-0.4, -0.2) is 5.11 Å². The van der Waals surface area contributed by atoms with Crippen LogP contribution in [-0.2, 0) is 0 Å². The van der Waals surface area contributed by atoms with Gasteiger partial charge in [-0.1, -0.05) is 30.3 Å². The highest BCUT2D eigenvalue weighted by Crippen LogP contribution is 2.33. The number of phenols is 1. The van der Waals surface area contributed by atoms with E-state index in [2.05, 4.69) is 16.3 Å². The first kappa shape index (κ1) is 13.3. The smallest absolute Gasteiger partial charge is 0.123 e. The van der Waals surface area contributed by atoms with Crippen LogP contribution in [0.2, 0.25) is 0 Å². The zero-order valence-corrected chi connectivity index (χ0v) is 12.0. The van der Waals surface area contributed by atoms with E-state index in [9.17, 15) is 5.11 Å². The lowest BCUT2D eigenvalue weighted by atomic mass is 10.1. The first-order valence-electron chi connectivity index (χ1n) is 6.84. The Balaban J connectivity index is 2.05.